The number of carbonyl (C=O) groups excluding carboxylic acids is 1. The van der Waals surface area contributed by atoms with Crippen LogP contribution in [0.2, 0.25) is 0 Å². The van der Waals surface area contributed by atoms with E-state index in [9.17, 15) is 4.79 Å². The zero-order valence-electron chi connectivity index (χ0n) is 15.8. The lowest BCUT2D eigenvalue weighted by atomic mass is 10.0. The lowest BCUT2D eigenvalue weighted by Gasteiger charge is -2.17. The lowest BCUT2D eigenvalue weighted by Crippen LogP contribution is -2.13. The summed E-state index contributed by atoms with van der Waals surface area (Å²) in [6.07, 6.45) is 13.8. The molecular formula is C21H34BrNO2. The van der Waals surface area contributed by atoms with E-state index in [4.69, 9.17) is 4.74 Å². The maximum Gasteiger partial charge on any atom is 0.333 e. The SMILES string of the molecule is Br.C=C(C)C(=O)OC(CCCCCCCCCCC)c1ccccn1. The highest BCUT2D eigenvalue weighted by Crippen LogP contribution is 2.23. The number of carbonyl (C=O) groups is 1. The van der Waals surface area contributed by atoms with Gasteiger partial charge in [-0.15, -0.1) is 17.0 Å². The van der Waals surface area contributed by atoms with Crippen LogP contribution < -0.4 is 0 Å². The summed E-state index contributed by atoms with van der Waals surface area (Å²) in [4.78, 5) is 16.2. The quantitative estimate of drug-likeness (QED) is 0.205. The van der Waals surface area contributed by atoms with Crippen molar-refractivity contribution in [1.29, 1.82) is 0 Å². The normalized spacial score (nSPS) is 11.4. The van der Waals surface area contributed by atoms with E-state index in [-0.39, 0.29) is 29.1 Å². The van der Waals surface area contributed by atoms with Crippen LogP contribution >= 0.6 is 17.0 Å². The number of rotatable bonds is 13. The Morgan fingerprint density at radius 3 is 2.20 bits per heavy atom. The molecule has 142 valence electrons. The summed E-state index contributed by atoms with van der Waals surface area (Å²) in [6.45, 7) is 7.58. The average molecular weight is 412 g/mol. The van der Waals surface area contributed by atoms with Crippen molar-refractivity contribution in [3.8, 4) is 0 Å². The molecule has 0 radical (unpaired) electrons. The molecule has 0 aliphatic heterocycles. The molecule has 0 aliphatic rings. The van der Waals surface area contributed by atoms with Gasteiger partial charge in [-0.3, -0.25) is 4.98 Å². The molecule has 0 saturated heterocycles. The smallest absolute Gasteiger partial charge is 0.333 e. The maximum atomic E-state index is 11.8. The van der Waals surface area contributed by atoms with Gasteiger partial charge >= 0.3 is 5.97 Å². The van der Waals surface area contributed by atoms with Crippen molar-refractivity contribution >= 4 is 23.0 Å². The van der Waals surface area contributed by atoms with Crippen LogP contribution in [0.25, 0.3) is 0 Å². The van der Waals surface area contributed by atoms with Gasteiger partial charge in [0.15, 0.2) is 0 Å². The molecule has 0 aliphatic carbocycles. The number of hydrogen-bond donors (Lipinski definition) is 0. The maximum absolute atomic E-state index is 11.8. The second-order valence-corrected chi connectivity index (χ2v) is 6.55. The molecule has 1 unspecified atom stereocenters. The molecule has 0 spiro atoms. The number of hydrogen-bond acceptors (Lipinski definition) is 3. The van der Waals surface area contributed by atoms with Crippen LogP contribution in [0.4, 0.5) is 0 Å². The first-order valence-electron chi connectivity index (χ1n) is 9.42. The molecule has 1 atom stereocenters. The molecule has 0 aromatic carbocycles. The Balaban J connectivity index is 0.00000576. The highest BCUT2D eigenvalue weighted by Gasteiger charge is 2.17. The van der Waals surface area contributed by atoms with Crippen molar-refractivity contribution in [3.05, 3.63) is 42.2 Å². The first-order chi connectivity index (χ1) is 11.6. The molecule has 1 heterocycles. The topological polar surface area (TPSA) is 39.2 Å². The molecule has 1 rings (SSSR count). The Bertz CT molecular complexity index is 476. The number of halogens is 1. The van der Waals surface area contributed by atoms with Gasteiger partial charge in [0.2, 0.25) is 0 Å². The summed E-state index contributed by atoms with van der Waals surface area (Å²) >= 11 is 0. The number of unbranched alkanes of at least 4 members (excludes halogenated alkanes) is 8. The Kier molecular flexibility index (Phi) is 14.4. The van der Waals surface area contributed by atoms with E-state index >= 15 is 0 Å². The summed E-state index contributed by atoms with van der Waals surface area (Å²) in [5, 5.41) is 0. The molecule has 0 N–H and O–H groups in total. The number of nitrogens with zero attached hydrogens (tertiary/aromatic N) is 1. The average Bonchev–Trinajstić information content (AvgIpc) is 2.59. The molecular weight excluding hydrogens is 378 g/mol. The second kappa shape index (κ2) is 15.1. The molecule has 3 nitrogen and oxygen atoms in total. The van der Waals surface area contributed by atoms with Crippen LogP contribution in [0.1, 0.15) is 89.9 Å². The number of pyridine rings is 1. The van der Waals surface area contributed by atoms with Crippen LogP contribution in [0.15, 0.2) is 36.5 Å². The fourth-order valence-corrected chi connectivity index (χ4v) is 2.70. The van der Waals surface area contributed by atoms with Gasteiger partial charge in [0.1, 0.15) is 6.10 Å². The molecule has 0 fully saturated rings. The molecule has 0 saturated carbocycles. The summed E-state index contributed by atoms with van der Waals surface area (Å²) in [7, 11) is 0. The Morgan fingerprint density at radius 2 is 1.68 bits per heavy atom. The minimum Gasteiger partial charge on any atom is -0.453 e. The predicted molar refractivity (Wildman–Crippen MR) is 110 cm³/mol. The van der Waals surface area contributed by atoms with Gasteiger partial charge in [-0.2, -0.15) is 0 Å². The minimum atomic E-state index is -0.332. The Morgan fingerprint density at radius 1 is 1.08 bits per heavy atom. The van der Waals surface area contributed by atoms with E-state index in [1.807, 2.05) is 18.2 Å². The lowest BCUT2D eigenvalue weighted by molar-refractivity contribution is -0.145. The standard InChI is InChI=1S/C21H33NO2.BrH/c1-4-5-6-7-8-9-10-11-12-16-20(24-21(23)18(2)3)19-15-13-14-17-22-19;/h13-15,17,20H,2,4-12,16H2,1,3H3;1H. The summed E-state index contributed by atoms with van der Waals surface area (Å²) in [5.74, 6) is -0.332. The van der Waals surface area contributed by atoms with Gasteiger partial charge in [-0.1, -0.05) is 70.9 Å². The molecule has 1 aromatic rings. The molecule has 0 bridgehead atoms. The van der Waals surface area contributed by atoms with Gasteiger partial charge in [-0.25, -0.2) is 4.79 Å². The number of ether oxygens (including phenoxy) is 1. The van der Waals surface area contributed by atoms with Crippen LogP contribution in [-0.2, 0) is 9.53 Å². The first kappa shape index (κ1) is 23.8. The van der Waals surface area contributed by atoms with Crippen LogP contribution in [0.3, 0.4) is 0 Å². The molecule has 0 amide bonds. The van der Waals surface area contributed by atoms with Gasteiger partial charge in [0.25, 0.3) is 0 Å². The molecule has 1 aromatic heterocycles. The van der Waals surface area contributed by atoms with Crippen molar-refractivity contribution in [3.63, 3.8) is 0 Å². The van der Waals surface area contributed by atoms with E-state index in [0.717, 1.165) is 18.5 Å². The molecule has 4 heteroatoms. The third-order valence-corrected chi connectivity index (χ3v) is 4.19. The van der Waals surface area contributed by atoms with Crippen molar-refractivity contribution in [2.24, 2.45) is 0 Å². The first-order valence-corrected chi connectivity index (χ1v) is 9.42. The van der Waals surface area contributed by atoms with Gasteiger partial charge in [0.05, 0.1) is 5.69 Å². The van der Waals surface area contributed by atoms with Crippen LogP contribution in [0.5, 0.6) is 0 Å². The van der Waals surface area contributed by atoms with Crippen LogP contribution in [-0.4, -0.2) is 11.0 Å². The highest BCUT2D eigenvalue weighted by atomic mass is 79.9. The van der Waals surface area contributed by atoms with Gasteiger partial charge < -0.3 is 4.74 Å². The predicted octanol–water partition coefficient (Wildman–Crippen LogP) is 6.74. The fourth-order valence-electron chi connectivity index (χ4n) is 2.70. The zero-order valence-corrected chi connectivity index (χ0v) is 17.5. The third-order valence-electron chi connectivity index (χ3n) is 4.19. The van der Waals surface area contributed by atoms with Crippen LogP contribution in [0, 0.1) is 0 Å². The third kappa shape index (κ3) is 11.1. The minimum absolute atomic E-state index is 0. The summed E-state index contributed by atoms with van der Waals surface area (Å²) < 4.78 is 5.57. The Hall–Kier alpha value is -1.16. The van der Waals surface area contributed by atoms with Crippen molar-refractivity contribution in [2.45, 2.75) is 84.2 Å². The summed E-state index contributed by atoms with van der Waals surface area (Å²) in [5.41, 5.74) is 1.26. The Labute approximate surface area is 164 Å². The van der Waals surface area contributed by atoms with E-state index in [2.05, 4.69) is 18.5 Å². The monoisotopic (exact) mass is 411 g/mol. The van der Waals surface area contributed by atoms with E-state index < -0.39 is 0 Å². The highest BCUT2D eigenvalue weighted by molar-refractivity contribution is 8.93. The second-order valence-electron chi connectivity index (χ2n) is 6.55. The number of aromatic nitrogens is 1. The van der Waals surface area contributed by atoms with Gasteiger partial charge in [-0.05, 0) is 31.9 Å². The zero-order chi connectivity index (χ0) is 17.6. The van der Waals surface area contributed by atoms with E-state index in [1.54, 1.807) is 13.1 Å². The number of esters is 1. The van der Waals surface area contributed by atoms with Crippen molar-refractivity contribution in [2.75, 3.05) is 0 Å². The van der Waals surface area contributed by atoms with Crippen molar-refractivity contribution in [1.82, 2.24) is 4.98 Å². The van der Waals surface area contributed by atoms with E-state index in [0.29, 0.717) is 5.57 Å². The van der Waals surface area contributed by atoms with Gasteiger partial charge in [0, 0.05) is 11.8 Å². The fraction of sp³-hybridized carbons (Fsp3) is 0.619. The largest absolute Gasteiger partial charge is 0.453 e. The summed E-state index contributed by atoms with van der Waals surface area (Å²) in [6, 6.07) is 5.73. The molecule has 25 heavy (non-hydrogen) atoms. The van der Waals surface area contributed by atoms with Crippen molar-refractivity contribution < 1.29 is 9.53 Å². The van der Waals surface area contributed by atoms with E-state index in [1.165, 1.54) is 51.4 Å².